The first kappa shape index (κ1) is 15.4. The first-order valence-electron chi connectivity index (χ1n) is 8.19. The van der Waals surface area contributed by atoms with E-state index in [-0.39, 0.29) is 0 Å². The number of benzene rings is 1. The first-order valence-corrected chi connectivity index (χ1v) is 8.19. The van der Waals surface area contributed by atoms with Crippen molar-refractivity contribution in [1.29, 1.82) is 0 Å². The maximum atomic E-state index is 3.67. The molecule has 1 aromatic rings. The van der Waals surface area contributed by atoms with Crippen LogP contribution in [0.4, 0.5) is 5.69 Å². The Morgan fingerprint density at radius 3 is 2.55 bits per heavy atom. The molecule has 0 bridgehead atoms. The lowest BCUT2D eigenvalue weighted by Crippen LogP contribution is -2.39. The minimum Gasteiger partial charge on any atom is -0.383 e. The highest BCUT2D eigenvalue weighted by Gasteiger charge is 2.14. The van der Waals surface area contributed by atoms with Crippen molar-refractivity contribution < 1.29 is 0 Å². The highest BCUT2D eigenvalue weighted by molar-refractivity contribution is 5.54. The minimum atomic E-state index is 0.565. The van der Waals surface area contributed by atoms with Crippen molar-refractivity contribution in [2.75, 3.05) is 18.4 Å². The van der Waals surface area contributed by atoms with Crippen molar-refractivity contribution in [2.45, 2.75) is 64.8 Å². The van der Waals surface area contributed by atoms with E-state index in [1.165, 1.54) is 42.6 Å². The van der Waals surface area contributed by atoms with E-state index >= 15 is 0 Å². The summed E-state index contributed by atoms with van der Waals surface area (Å²) in [6.07, 6.45) is 3.99. The van der Waals surface area contributed by atoms with Gasteiger partial charge in [0.25, 0.3) is 0 Å². The molecule has 1 heterocycles. The molecule has 1 saturated heterocycles. The van der Waals surface area contributed by atoms with Crippen molar-refractivity contribution in [3.8, 4) is 0 Å². The van der Waals surface area contributed by atoms with Gasteiger partial charge in [-0.05, 0) is 48.4 Å². The molecule has 20 heavy (non-hydrogen) atoms. The van der Waals surface area contributed by atoms with Gasteiger partial charge >= 0.3 is 0 Å². The molecule has 1 unspecified atom stereocenters. The highest BCUT2D eigenvalue weighted by atomic mass is 15.0. The normalized spacial score (nSPS) is 19.6. The average molecular weight is 274 g/mol. The van der Waals surface area contributed by atoms with Gasteiger partial charge in [-0.25, -0.2) is 0 Å². The van der Waals surface area contributed by atoms with Crippen molar-refractivity contribution >= 4 is 5.69 Å². The van der Waals surface area contributed by atoms with E-state index in [9.17, 15) is 0 Å². The van der Waals surface area contributed by atoms with Crippen LogP contribution >= 0.6 is 0 Å². The first-order chi connectivity index (χ1) is 9.58. The second-order valence-electron chi connectivity index (χ2n) is 6.68. The Hall–Kier alpha value is -1.02. The highest BCUT2D eigenvalue weighted by Crippen LogP contribution is 2.28. The van der Waals surface area contributed by atoms with E-state index in [1.54, 1.807) is 0 Å². The Morgan fingerprint density at radius 2 is 1.95 bits per heavy atom. The summed E-state index contributed by atoms with van der Waals surface area (Å²) < 4.78 is 0. The van der Waals surface area contributed by atoms with Gasteiger partial charge in [0.2, 0.25) is 0 Å². The zero-order chi connectivity index (χ0) is 14.5. The SMILES string of the molecule is CC(C)c1ccc(NCC2CCCCN2)c(C(C)C)c1. The minimum absolute atomic E-state index is 0.565. The number of hydrogen-bond donors (Lipinski definition) is 2. The summed E-state index contributed by atoms with van der Waals surface area (Å²) >= 11 is 0. The van der Waals surface area contributed by atoms with Crippen LogP contribution in [0.15, 0.2) is 18.2 Å². The number of piperidine rings is 1. The molecule has 0 saturated carbocycles. The van der Waals surface area contributed by atoms with Gasteiger partial charge in [0.15, 0.2) is 0 Å². The summed E-state index contributed by atoms with van der Waals surface area (Å²) in [5.41, 5.74) is 4.21. The summed E-state index contributed by atoms with van der Waals surface area (Å²) in [6.45, 7) is 11.3. The van der Waals surface area contributed by atoms with E-state index < -0.39 is 0 Å². The molecule has 112 valence electrons. The molecule has 0 aliphatic carbocycles. The monoisotopic (exact) mass is 274 g/mol. The molecule has 0 spiro atoms. The number of rotatable bonds is 5. The Kier molecular flexibility index (Phi) is 5.47. The fraction of sp³-hybridized carbons (Fsp3) is 0.667. The summed E-state index contributed by atoms with van der Waals surface area (Å²) in [4.78, 5) is 0. The zero-order valence-corrected chi connectivity index (χ0v) is 13.5. The zero-order valence-electron chi connectivity index (χ0n) is 13.5. The molecule has 2 N–H and O–H groups in total. The van der Waals surface area contributed by atoms with Crippen LogP contribution in [0.3, 0.4) is 0 Å². The van der Waals surface area contributed by atoms with Crippen molar-refractivity contribution in [3.05, 3.63) is 29.3 Å². The second-order valence-corrected chi connectivity index (χ2v) is 6.68. The molecule has 2 rings (SSSR count). The summed E-state index contributed by atoms with van der Waals surface area (Å²) in [7, 11) is 0. The van der Waals surface area contributed by atoms with Crippen molar-refractivity contribution in [2.24, 2.45) is 0 Å². The Morgan fingerprint density at radius 1 is 1.15 bits per heavy atom. The maximum Gasteiger partial charge on any atom is 0.0376 e. The lowest BCUT2D eigenvalue weighted by Gasteiger charge is -2.25. The van der Waals surface area contributed by atoms with Crippen LogP contribution in [0, 0.1) is 0 Å². The van der Waals surface area contributed by atoms with Gasteiger partial charge in [-0.1, -0.05) is 46.2 Å². The molecular weight excluding hydrogens is 244 g/mol. The van der Waals surface area contributed by atoms with Crippen LogP contribution in [0.25, 0.3) is 0 Å². The van der Waals surface area contributed by atoms with Gasteiger partial charge in [0, 0.05) is 18.3 Å². The molecule has 0 aromatic heterocycles. The van der Waals surface area contributed by atoms with Crippen LogP contribution in [0.5, 0.6) is 0 Å². The third-order valence-corrected chi connectivity index (χ3v) is 4.32. The smallest absolute Gasteiger partial charge is 0.0376 e. The summed E-state index contributed by atoms with van der Waals surface area (Å²) in [5, 5.41) is 7.27. The Bertz CT molecular complexity index is 417. The maximum absolute atomic E-state index is 3.67. The topological polar surface area (TPSA) is 24.1 Å². The Labute approximate surface area is 124 Å². The van der Waals surface area contributed by atoms with E-state index in [4.69, 9.17) is 0 Å². The molecule has 1 aromatic carbocycles. The second kappa shape index (κ2) is 7.12. The molecule has 1 aliphatic heterocycles. The summed E-state index contributed by atoms with van der Waals surface area (Å²) in [5.74, 6) is 1.16. The van der Waals surface area contributed by atoms with E-state index in [1.807, 2.05) is 0 Å². The van der Waals surface area contributed by atoms with Gasteiger partial charge in [-0.2, -0.15) is 0 Å². The molecular formula is C18H30N2. The predicted octanol–water partition coefficient (Wildman–Crippen LogP) is 4.49. The largest absolute Gasteiger partial charge is 0.383 e. The quantitative estimate of drug-likeness (QED) is 0.827. The number of hydrogen-bond acceptors (Lipinski definition) is 2. The summed E-state index contributed by atoms with van der Waals surface area (Å²) in [6, 6.07) is 7.56. The lowest BCUT2D eigenvalue weighted by atomic mass is 9.94. The van der Waals surface area contributed by atoms with Crippen LogP contribution < -0.4 is 10.6 Å². The third-order valence-electron chi connectivity index (χ3n) is 4.32. The standard InChI is InChI=1S/C18H30N2/c1-13(2)15-8-9-18(17(11-15)14(3)4)20-12-16-7-5-6-10-19-16/h8-9,11,13-14,16,19-20H,5-7,10,12H2,1-4H3. The van der Waals surface area contributed by atoms with Crippen LogP contribution in [-0.2, 0) is 0 Å². The van der Waals surface area contributed by atoms with Crippen LogP contribution in [0.1, 0.15) is 69.9 Å². The van der Waals surface area contributed by atoms with E-state index in [0.29, 0.717) is 17.9 Å². The number of nitrogens with one attached hydrogen (secondary N) is 2. The number of anilines is 1. The third kappa shape index (κ3) is 3.99. The van der Waals surface area contributed by atoms with Gasteiger partial charge in [-0.3, -0.25) is 0 Å². The fourth-order valence-corrected chi connectivity index (χ4v) is 2.91. The van der Waals surface area contributed by atoms with E-state index in [2.05, 4.69) is 56.5 Å². The molecule has 1 fully saturated rings. The molecule has 0 amide bonds. The van der Waals surface area contributed by atoms with Gasteiger partial charge in [0.05, 0.1) is 0 Å². The molecule has 1 atom stereocenters. The molecule has 2 nitrogen and oxygen atoms in total. The van der Waals surface area contributed by atoms with Gasteiger partial charge in [-0.15, -0.1) is 0 Å². The van der Waals surface area contributed by atoms with Crippen LogP contribution in [0.2, 0.25) is 0 Å². The molecule has 1 aliphatic rings. The van der Waals surface area contributed by atoms with Crippen LogP contribution in [-0.4, -0.2) is 19.1 Å². The lowest BCUT2D eigenvalue weighted by molar-refractivity contribution is 0.414. The molecule has 0 radical (unpaired) electrons. The average Bonchev–Trinajstić information content (AvgIpc) is 2.45. The predicted molar refractivity (Wildman–Crippen MR) is 88.8 cm³/mol. The Balaban J connectivity index is 2.05. The van der Waals surface area contributed by atoms with Crippen molar-refractivity contribution in [1.82, 2.24) is 5.32 Å². The fourth-order valence-electron chi connectivity index (χ4n) is 2.91. The van der Waals surface area contributed by atoms with Gasteiger partial charge in [0.1, 0.15) is 0 Å². The van der Waals surface area contributed by atoms with Gasteiger partial charge < -0.3 is 10.6 Å². The molecule has 2 heteroatoms. The van der Waals surface area contributed by atoms with E-state index in [0.717, 1.165) is 6.54 Å². The van der Waals surface area contributed by atoms with Crippen molar-refractivity contribution in [3.63, 3.8) is 0 Å².